The van der Waals surface area contributed by atoms with Gasteiger partial charge in [0.1, 0.15) is 5.75 Å². The molecule has 6 heteroatoms. The summed E-state index contributed by atoms with van der Waals surface area (Å²) in [5.74, 6) is 0.875. The summed E-state index contributed by atoms with van der Waals surface area (Å²) in [5.41, 5.74) is 1.67. The van der Waals surface area contributed by atoms with Crippen molar-refractivity contribution >= 4 is 17.5 Å². The number of rotatable bonds is 9. The van der Waals surface area contributed by atoms with Crippen LogP contribution in [0.5, 0.6) is 5.75 Å². The standard InChI is InChI=1S/C22H27N3O3/c1-28-19-11-5-10-18(16-19)24-22(27)21(17-8-3-2-4-9-17)23-13-7-15-25-14-6-12-20(25)26/h2-5,8-11,16,21,23H,6-7,12-15H2,1H3,(H,24,27)/p+1/t21-/m1/s1. The van der Waals surface area contributed by atoms with Crippen LogP contribution in [0.2, 0.25) is 0 Å². The van der Waals surface area contributed by atoms with E-state index in [1.54, 1.807) is 13.2 Å². The molecule has 0 radical (unpaired) electrons. The molecular formula is C22H28N3O3+. The molecule has 3 N–H and O–H groups in total. The molecule has 0 spiro atoms. The minimum Gasteiger partial charge on any atom is -0.497 e. The van der Waals surface area contributed by atoms with Crippen LogP contribution in [-0.2, 0) is 9.59 Å². The van der Waals surface area contributed by atoms with Gasteiger partial charge >= 0.3 is 0 Å². The number of hydrogen-bond acceptors (Lipinski definition) is 3. The number of methoxy groups -OCH3 is 1. The third-order valence-electron chi connectivity index (χ3n) is 4.98. The Bertz CT molecular complexity index is 795. The van der Waals surface area contributed by atoms with E-state index in [2.05, 4.69) is 5.32 Å². The van der Waals surface area contributed by atoms with Gasteiger partial charge in [-0.2, -0.15) is 0 Å². The highest BCUT2D eigenvalue weighted by molar-refractivity contribution is 5.94. The molecule has 1 fully saturated rings. The van der Waals surface area contributed by atoms with Gasteiger partial charge in [0.2, 0.25) is 5.91 Å². The van der Waals surface area contributed by atoms with Crippen LogP contribution in [0.15, 0.2) is 54.6 Å². The molecule has 28 heavy (non-hydrogen) atoms. The fourth-order valence-corrected chi connectivity index (χ4v) is 3.48. The van der Waals surface area contributed by atoms with Gasteiger partial charge in [0, 0.05) is 43.2 Å². The third kappa shape index (κ3) is 5.33. The summed E-state index contributed by atoms with van der Waals surface area (Å²) in [6.45, 7) is 2.39. The molecule has 0 aliphatic carbocycles. The highest BCUT2D eigenvalue weighted by Gasteiger charge is 2.25. The van der Waals surface area contributed by atoms with Gasteiger partial charge in [-0.3, -0.25) is 9.59 Å². The van der Waals surface area contributed by atoms with E-state index in [1.165, 1.54) is 0 Å². The number of hydrogen-bond donors (Lipinski definition) is 2. The van der Waals surface area contributed by atoms with E-state index < -0.39 is 0 Å². The van der Waals surface area contributed by atoms with E-state index in [9.17, 15) is 9.59 Å². The highest BCUT2D eigenvalue weighted by atomic mass is 16.5. The lowest BCUT2D eigenvalue weighted by Crippen LogP contribution is -2.87. The third-order valence-corrected chi connectivity index (χ3v) is 4.98. The Balaban J connectivity index is 1.61. The van der Waals surface area contributed by atoms with Crippen molar-refractivity contribution in [1.82, 2.24) is 4.90 Å². The van der Waals surface area contributed by atoms with Gasteiger partial charge in [-0.1, -0.05) is 36.4 Å². The Kier molecular flexibility index (Phi) is 7.03. The van der Waals surface area contributed by atoms with E-state index in [4.69, 9.17) is 4.74 Å². The van der Waals surface area contributed by atoms with Crippen LogP contribution in [0.1, 0.15) is 30.9 Å². The Morgan fingerprint density at radius 2 is 2.04 bits per heavy atom. The number of carbonyl (C=O) groups excluding carboxylic acids is 2. The minimum absolute atomic E-state index is 0.0725. The number of nitrogens with one attached hydrogen (secondary N) is 1. The SMILES string of the molecule is COc1cccc(NC(=O)[C@H]([NH2+]CCCN2CCCC2=O)c2ccccc2)c1. The molecular weight excluding hydrogens is 354 g/mol. The molecule has 1 aliphatic rings. The van der Waals surface area contributed by atoms with Crippen LogP contribution in [0.25, 0.3) is 0 Å². The number of benzene rings is 2. The van der Waals surface area contributed by atoms with Crippen LogP contribution in [0.4, 0.5) is 5.69 Å². The summed E-state index contributed by atoms with van der Waals surface area (Å²) in [4.78, 5) is 26.6. The first-order chi connectivity index (χ1) is 13.7. The number of likely N-dealkylation sites (tertiary alicyclic amines) is 1. The lowest BCUT2D eigenvalue weighted by atomic mass is 10.1. The van der Waals surface area contributed by atoms with Gasteiger partial charge in [-0.15, -0.1) is 0 Å². The monoisotopic (exact) mass is 382 g/mol. The van der Waals surface area contributed by atoms with Crippen molar-refractivity contribution in [3.8, 4) is 5.75 Å². The van der Waals surface area contributed by atoms with Crippen molar-refractivity contribution in [1.29, 1.82) is 0 Å². The molecule has 1 heterocycles. The van der Waals surface area contributed by atoms with Gasteiger partial charge in [-0.25, -0.2) is 0 Å². The van der Waals surface area contributed by atoms with Crippen LogP contribution < -0.4 is 15.4 Å². The second kappa shape index (κ2) is 9.90. The fraction of sp³-hybridized carbons (Fsp3) is 0.364. The average molecular weight is 382 g/mol. The molecule has 0 unspecified atom stereocenters. The summed E-state index contributed by atoms with van der Waals surface area (Å²) >= 11 is 0. The van der Waals surface area contributed by atoms with E-state index in [1.807, 2.05) is 58.7 Å². The largest absolute Gasteiger partial charge is 0.497 e. The fourth-order valence-electron chi connectivity index (χ4n) is 3.48. The maximum Gasteiger partial charge on any atom is 0.287 e. The molecule has 2 aromatic rings. The topological polar surface area (TPSA) is 75.2 Å². The molecule has 2 aromatic carbocycles. The van der Waals surface area contributed by atoms with E-state index in [0.29, 0.717) is 17.9 Å². The number of anilines is 1. The Morgan fingerprint density at radius 3 is 2.75 bits per heavy atom. The zero-order valence-electron chi connectivity index (χ0n) is 16.3. The predicted octanol–water partition coefficient (Wildman–Crippen LogP) is 1.95. The normalized spacial score (nSPS) is 14.8. The van der Waals surface area contributed by atoms with E-state index in [-0.39, 0.29) is 17.9 Å². The summed E-state index contributed by atoms with van der Waals surface area (Å²) in [6, 6.07) is 16.8. The van der Waals surface area contributed by atoms with Crippen LogP contribution in [0.3, 0.4) is 0 Å². The van der Waals surface area contributed by atoms with Crippen molar-refractivity contribution in [2.24, 2.45) is 0 Å². The molecule has 0 aromatic heterocycles. The first-order valence-corrected chi connectivity index (χ1v) is 9.78. The predicted molar refractivity (Wildman–Crippen MR) is 108 cm³/mol. The first-order valence-electron chi connectivity index (χ1n) is 9.78. The van der Waals surface area contributed by atoms with Gasteiger partial charge in [0.05, 0.1) is 13.7 Å². The van der Waals surface area contributed by atoms with Gasteiger partial charge in [0.25, 0.3) is 5.91 Å². The molecule has 0 bridgehead atoms. The molecule has 148 valence electrons. The second-order valence-corrected chi connectivity index (χ2v) is 6.97. The molecule has 0 saturated carbocycles. The number of amides is 2. The van der Waals surface area contributed by atoms with Gasteiger partial charge < -0.3 is 20.3 Å². The smallest absolute Gasteiger partial charge is 0.287 e. The lowest BCUT2D eigenvalue weighted by molar-refractivity contribution is -0.682. The zero-order chi connectivity index (χ0) is 19.8. The molecule has 2 amide bonds. The van der Waals surface area contributed by atoms with Crippen molar-refractivity contribution in [3.63, 3.8) is 0 Å². The maximum absolute atomic E-state index is 13.0. The summed E-state index contributed by atoms with van der Waals surface area (Å²) in [7, 11) is 1.60. The molecule has 1 atom stereocenters. The minimum atomic E-state index is -0.346. The van der Waals surface area contributed by atoms with E-state index >= 15 is 0 Å². The summed E-state index contributed by atoms with van der Waals surface area (Å²) in [5, 5.41) is 5.04. The lowest BCUT2D eigenvalue weighted by Gasteiger charge is -2.18. The van der Waals surface area contributed by atoms with Gasteiger partial charge in [-0.05, 0) is 18.6 Å². The number of quaternary nitrogens is 1. The van der Waals surface area contributed by atoms with Crippen LogP contribution >= 0.6 is 0 Å². The molecule has 1 saturated heterocycles. The number of carbonyl (C=O) groups is 2. The summed E-state index contributed by atoms with van der Waals surface area (Å²) < 4.78 is 5.23. The number of ether oxygens (including phenoxy) is 1. The first kappa shape index (κ1) is 19.9. The van der Waals surface area contributed by atoms with E-state index in [0.717, 1.165) is 38.0 Å². The molecule has 3 rings (SSSR count). The Morgan fingerprint density at radius 1 is 1.21 bits per heavy atom. The van der Waals surface area contributed by atoms with Crippen molar-refractivity contribution < 1.29 is 19.6 Å². The Labute approximate surface area is 165 Å². The van der Waals surface area contributed by atoms with Gasteiger partial charge in [0.15, 0.2) is 6.04 Å². The Hall–Kier alpha value is -2.86. The highest BCUT2D eigenvalue weighted by Crippen LogP contribution is 2.18. The number of nitrogens with zero attached hydrogens (tertiary/aromatic N) is 1. The van der Waals surface area contributed by atoms with Crippen molar-refractivity contribution in [3.05, 3.63) is 60.2 Å². The quantitative estimate of drug-likeness (QED) is 0.651. The van der Waals surface area contributed by atoms with Crippen molar-refractivity contribution in [2.45, 2.75) is 25.3 Å². The second-order valence-electron chi connectivity index (χ2n) is 6.97. The van der Waals surface area contributed by atoms with Crippen LogP contribution in [-0.4, -0.2) is 43.5 Å². The van der Waals surface area contributed by atoms with Crippen LogP contribution in [0, 0.1) is 0 Å². The molecule has 6 nitrogen and oxygen atoms in total. The molecule has 1 aliphatic heterocycles. The summed E-state index contributed by atoms with van der Waals surface area (Å²) in [6.07, 6.45) is 2.49. The zero-order valence-corrected chi connectivity index (χ0v) is 16.3. The van der Waals surface area contributed by atoms with Crippen molar-refractivity contribution in [2.75, 3.05) is 32.1 Å². The maximum atomic E-state index is 13.0. The number of nitrogens with two attached hydrogens (primary N) is 1. The average Bonchev–Trinajstić information content (AvgIpc) is 3.13.